The molecule has 0 fully saturated rings. The number of aromatic nitrogens is 2. The van der Waals surface area contributed by atoms with Gasteiger partial charge in [0.25, 0.3) is 0 Å². The Balaban J connectivity index is 2.31. The quantitative estimate of drug-likeness (QED) is 0.693. The molecule has 2 rings (SSSR count). The number of nitrogens with zero attached hydrogens (tertiary/aromatic N) is 3. The van der Waals surface area contributed by atoms with Crippen molar-refractivity contribution in [2.75, 3.05) is 5.73 Å². The van der Waals surface area contributed by atoms with Crippen LogP contribution in [0.1, 0.15) is 25.1 Å². The second-order valence-electron chi connectivity index (χ2n) is 3.93. The molecular formula is C9H16N4. The van der Waals surface area contributed by atoms with Crippen molar-refractivity contribution >= 4 is 5.82 Å². The van der Waals surface area contributed by atoms with E-state index in [0.29, 0.717) is 11.9 Å². The standard InChI is InChI=1S/C9H16N4/c1-6(2)13-4-7-8(5-13)12(3)11-9(7)10/h6H,4-5H2,1-3H3,(H2,10,11). The smallest absolute Gasteiger partial charge is 0.150 e. The van der Waals surface area contributed by atoms with Crippen LogP contribution in [0.5, 0.6) is 0 Å². The summed E-state index contributed by atoms with van der Waals surface area (Å²) in [7, 11) is 1.96. The van der Waals surface area contributed by atoms with E-state index in [1.165, 1.54) is 11.3 Å². The Kier molecular flexibility index (Phi) is 1.80. The first-order valence-corrected chi connectivity index (χ1v) is 4.64. The summed E-state index contributed by atoms with van der Waals surface area (Å²) < 4.78 is 1.90. The Bertz CT molecular complexity index is 300. The van der Waals surface area contributed by atoms with Crippen LogP contribution in [0.25, 0.3) is 0 Å². The lowest BCUT2D eigenvalue weighted by atomic mass is 10.3. The fraction of sp³-hybridized carbons (Fsp3) is 0.667. The highest BCUT2D eigenvalue weighted by Crippen LogP contribution is 2.27. The molecule has 72 valence electrons. The topological polar surface area (TPSA) is 47.1 Å². The number of fused-ring (bicyclic) bond motifs is 1. The van der Waals surface area contributed by atoms with Gasteiger partial charge in [-0.15, -0.1) is 0 Å². The lowest BCUT2D eigenvalue weighted by molar-refractivity contribution is 0.223. The molecule has 4 heteroatoms. The first-order chi connectivity index (χ1) is 6.09. The van der Waals surface area contributed by atoms with Crippen LogP contribution in [0, 0.1) is 0 Å². The maximum atomic E-state index is 5.80. The average Bonchev–Trinajstić information content (AvgIpc) is 2.55. The van der Waals surface area contributed by atoms with Gasteiger partial charge in [0.2, 0.25) is 0 Å². The van der Waals surface area contributed by atoms with Gasteiger partial charge in [-0.2, -0.15) is 5.10 Å². The van der Waals surface area contributed by atoms with E-state index in [0.717, 1.165) is 13.1 Å². The van der Waals surface area contributed by atoms with E-state index in [1.54, 1.807) is 0 Å². The van der Waals surface area contributed by atoms with Crippen LogP contribution in [0.15, 0.2) is 0 Å². The van der Waals surface area contributed by atoms with Gasteiger partial charge < -0.3 is 5.73 Å². The van der Waals surface area contributed by atoms with Crippen LogP contribution in [-0.2, 0) is 20.1 Å². The van der Waals surface area contributed by atoms with Crippen molar-refractivity contribution in [3.63, 3.8) is 0 Å². The molecule has 0 saturated heterocycles. The van der Waals surface area contributed by atoms with E-state index < -0.39 is 0 Å². The highest BCUT2D eigenvalue weighted by Gasteiger charge is 2.26. The average molecular weight is 180 g/mol. The molecule has 2 N–H and O–H groups in total. The third kappa shape index (κ3) is 1.21. The minimum atomic E-state index is 0.576. The van der Waals surface area contributed by atoms with Gasteiger partial charge in [-0.3, -0.25) is 9.58 Å². The number of nitrogen functional groups attached to an aromatic ring is 1. The molecule has 13 heavy (non-hydrogen) atoms. The van der Waals surface area contributed by atoms with E-state index in [9.17, 15) is 0 Å². The minimum absolute atomic E-state index is 0.576. The molecule has 0 aliphatic carbocycles. The first-order valence-electron chi connectivity index (χ1n) is 4.64. The van der Waals surface area contributed by atoms with E-state index >= 15 is 0 Å². The summed E-state index contributed by atoms with van der Waals surface area (Å²) >= 11 is 0. The minimum Gasteiger partial charge on any atom is -0.382 e. The molecule has 0 saturated carbocycles. The van der Waals surface area contributed by atoms with Crippen molar-refractivity contribution < 1.29 is 0 Å². The van der Waals surface area contributed by atoms with Crippen molar-refractivity contribution in [1.82, 2.24) is 14.7 Å². The van der Waals surface area contributed by atoms with Crippen molar-refractivity contribution in [3.05, 3.63) is 11.3 Å². The molecular weight excluding hydrogens is 164 g/mol. The third-order valence-electron chi connectivity index (χ3n) is 2.75. The Morgan fingerprint density at radius 1 is 1.38 bits per heavy atom. The van der Waals surface area contributed by atoms with E-state index in [2.05, 4.69) is 23.8 Å². The molecule has 0 spiro atoms. The number of hydrogen-bond acceptors (Lipinski definition) is 3. The zero-order valence-electron chi connectivity index (χ0n) is 8.41. The molecule has 1 aromatic rings. The normalized spacial score (nSPS) is 16.9. The van der Waals surface area contributed by atoms with Crippen LogP contribution in [0.3, 0.4) is 0 Å². The fourth-order valence-electron chi connectivity index (χ4n) is 1.81. The molecule has 0 unspecified atom stereocenters. The SMILES string of the molecule is CC(C)N1Cc2c(N)nn(C)c2C1. The summed E-state index contributed by atoms with van der Waals surface area (Å²) in [6.45, 7) is 6.34. The van der Waals surface area contributed by atoms with Crippen LogP contribution >= 0.6 is 0 Å². The molecule has 0 atom stereocenters. The molecule has 1 aliphatic rings. The number of aryl methyl sites for hydroxylation is 1. The van der Waals surface area contributed by atoms with Crippen molar-refractivity contribution in [2.24, 2.45) is 7.05 Å². The third-order valence-corrected chi connectivity index (χ3v) is 2.75. The van der Waals surface area contributed by atoms with Gasteiger partial charge in [-0.1, -0.05) is 0 Å². The maximum Gasteiger partial charge on any atom is 0.150 e. The highest BCUT2D eigenvalue weighted by molar-refractivity contribution is 5.44. The number of hydrogen-bond donors (Lipinski definition) is 1. The molecule has 2 heterocycles. The fourth-order valence-corrected chi connectivity index (χ4v) is 1.81. The van der Waals surface area contributed by atoms with Crippen molar-refractivity contribution in [2.45, 2.75) is 33.0 Å². The van der Waals surface area contributed by atoms with Gasteiger partial charge >= 0.3 is 0 Å². The molecule has 4 nitrogen and oxygen atoms in total. The summed E-state index contributed by atoms with van der Waals surface area (Å²) in [6.07, 6.45) is 0. The van der Waals surface area contributed by atoms with Crippen LogP contribution in [0.4, 0.5) is 5.82 Å². The molecule has 0 aromatic carbocycles. The van der Waals surface area contributed by atoms with Crippen LogP contribution in [-0.4, -0.2) is 20.7 Å². The van der Waals surface area contributed by atoms with Gasteiger partial charge in [0.1, 0.15) is 5.82 Å². The predicted molar refractivity (Wildman–Crippen MR) is 52.0 cm³/mol. The van der Waals surface area contributed by atoms with Crippen LogP contribution < -0.4 is 5.73 Å². The van der Waals surface area contributed by atoms with Gasteiger partial charge in [-0.25, -0.2) is 0 Å². The summed E-state index contributed by atoms with van der Waals surface area (Å²) in [5.74, 6) is 0.695. The Hall–Kier alpha value is -1.03. The van der Waals surface area contributed by atoms with Gasteiger partial charge in [-0.05, 0) is 13.8 Å². The Morgan fingerprint density at radius 2 is 2.08 bits per heavy atom. The second kappa shape index (κ2) is 2.73. The zero-order valence-corrected chi connectivity index (χ0v) is 8.41. The summed E-state index contributed by atoms with van der Waals surface area (Å²) in [5, 5.41) is 4.19. The van der Waals surface area contributed by atoms with Gasteiger partial charge in [0.05, 0.1) is 5.69 Å². The first kappa shape index (κ1) is 8.56. The largest absolute Gasteiger partial charge is 0.382 e. The predicted octanol–water partition coefficient (Wildman–Crippen LogP) is 0.726. The monoisotopic (exact) mass is 180 g/mol. The highest BCUT2D eigenvalue weighted by atomic mass is 15.3. The molecule has 0 amide bonds. The van der Waals surface area contributed by atoms with E-state index in [-0.39, 0.29) is 0 Å². The molecule has 1 aliphatic heterocycles. The Morgan fingerprint density at radius 3 is 2.62 bits per heavy atom. The lowest BCUT2D eigenvalue weighted by Crippen LogP contribution is -2.25. The molecule has 0 radical (unpaired) electrons. The van der Waals surface area contributed by atoms with E-state index in [4.69, 9.17) is 5.73 Å². The second-order valence-corrected chi connectivity index (χ2v) is 3.93. The number of nitrogens with two attached hydrogens (primary N) is 1. The zero-order chi connectivity index (χ0) is 9.59. The molecule has 0 bridgehead atoms. The van der Waals surface area contributed by atoms with Gasteiger partial charge in [0, 0.05) is 31.7 Å². The summed E-state index contributed by atoms with van der Waals surface area (Å²) in [6, 6.07) is 0.576. The summed E-state index contributed by atoms with van der Waals surface area (Å²) in [5.41, 5.74) is 8.28. The maximum absolute atomic E-state index is 5.80. The van der Waals surface area contributed by atoms with Crippen molar-refractivity contribution in [1.29, 1.82) is 0 Å². The van der Waals surface area contributed by atoms with Crippen molar-refractivity contribution in [3.8, 4) is 0 Å². The number of anilines is 1. The number of rotatable bonds is 1. The van der Waals surface area contributed by atoms with E-state index in [1.807, 2.05) is 11.7 Å². The lowest BCUT2D eigenvalue weighted by Gasteiger charge is -2.19. The summed E-state index contributed by atoms with van der Waals surface area (Å²) in [4.78, 5) is 2.39. The Labute approximate surface area is 78.3 Å². The van der Waals surface area contributed by atoms with Crippen LogP contribution in [0.2, 0.25) is 0 Å². The molecule has 1 aromatic heterocycles. The van der Waals surface area contributed by atoms with Gasteiger partial charge in [0.15, 0.2) is 0 Å².